The van der Waals surface area contributed by atoms with Crippen LogP contribution in [0.5, 0.6) is 0 Å². The Kier molecular flexibility index (Phi) is 4.96. The number of hydrogen-bond donors (Lipinski definition) is 0. The molecule has 0 unspecified atom stereocenters. The lowest BCUT2D eigenvalue weighted by Gasteiger charge is -2.27. The lowest BCUT2D eigenvalue weighted by molar-refractivity contribution is -0.124. The summed E-state index contributed by atoms with van der Waals surface area (Å²) in [6, 6.07) is 10.2. The maximum atomic E-state index is 12.2. The zero-order chi connectivity index (χ0) is 13.5. The summed E-state index contributed by atoms with van der Waals surface area (Å²) in [4.78, 5) is 14.2. The number of carbonyl (C=O) groups is 1. The molecule has 100 valence electrons. The largest absolute Gasteiger partial charge is 0.309 e. The van der Waals surface area contributed by atoms with Gasteiger partial charge in [0.1, 0.15) is 0 Å². The van der Waals surface area contributed by atoms with Crippen molar-refractivity contribution in [1.29, 1.82) is 0 Å². The molecule has 1 amide bonds. The van der Waals surface area contributed by atoms with E-state index >= 15 is 0 Å². The topological polar surface area (TPSA) is 20.3 Å². The third-order valence-corrected chi connectivity index (χ3v) is 3.37. The van der Waals surface area contributed by atoms with Gasteiger partial charge in [-0.25, -0.2) is 0 Å². The zero-order valence-corrected chi connectivity index (χ0v) is 11.5. The van der Waals surface area contributed by atoms with Crippen LogP contribution in [0.2, 0.25) is 0 Å². The monoisotopic (exact) mass is 255 g/mol. The van der Waals surface area contributed by atoms with Crippen molar-refractivity contribution in [1.82, 2.24) is 4.90 Å². The molecule has 0 aromatic heterocycles. The summed E-state index contributed by atoms with van der Waals surface area (Å²) in [7, 11) is 0. The summed E-state index contributed by atoms with van der Waals surface area (Å²) < 4.78 is 0. The second kappa shape index (κ2) is 6.93. The van der Waals surface area contributed by atoms with Gasteiger partial charge in [0.25, 0.3) is 5.91 Å². The van der Waals surface area contributed by atoms with Gasteiger partial charge in [-0.05, 0) is 44.2 Å². The molecule has 0 aliphatic heterocycles. The van der Waals surface area contributed by atoms with Crippen LogP contribution in [0.25, 0.3) is 0 Å². The van der Waals surface area contributed by atoms with E-state index in [0.717, 1.165) is 12.8 Å². The Hall–Kier alpha value is -1.83. The van der Waals surface area contributed by atoms with Crippen LogP contribution in [0.4, 0.5) is 0 Å². The predicted octanol–water partition coefficient (Wildman–Crippen LogP) is 4.05. The molecule has 1 aromatic rings. The first-order valence-electron chi connectivity index (χ1n) is 6.98. The molecule has 0 saturated carbocycles. The third-order valence-electron chi connectivity index (χ3n) is 3.37. The summed E-state index contributed by atoms with van der Waals surface area (Å²) >= 11 is 0. The van der Waals surface area contributed by atoms with Crippen LogP contribution in [0.1, 0.15) is 38.2 Å². The van der Waals surface area contributed by atoms with E-state index < -0.39 is 0 Å². The van der Waals surface area contributed by atoms with Crippen LogP contribution in [0.3, 0.4) is 0 Å². The van der Waals surface area contributed by atoms with E-state index in [0.29, 0.717) is 6.54 Å². The normalized spacial score (nSPS) is 15.3. The Balaban J connectivity index is 2.19. The lowest BCUT2D eigenvalue weighted by atomic mass is 10.0. The fraction of sp³-hybridized carbons (Fsp3) is 0.353. The smallest absolute Gasteiger partial charge is 0.250 e. The third kappa shape index (κ3) is 3.82. The summed E-state index contributed by atoms with van der Waals surface area (Å²) in [5.41, 5.74) is 2.35. The fourth-order valence-electron chi connectivity index (χ4n) is 2.39. The summed E-state index contributed by atoms with van der Waals surface area (Å²) in [6.45, 7) is 2.55. The van der Waals surface area contributed by atoms with Gasteiger partial charge in [-0.3, -0.25) is 4.79 Å². The van der Waals surface area contributed by atoms with E-state index in [1.165, 1.54) is 24.1 Å². The SMILES string of the molecule is C/C=C/C(=O)N(Cc1ccccc1)C1=CCCCC1. The summed E-state index contributed by atoms with van der Waals surface area (Å²) in [5, 5.41) is 0. The molecule has 0 fully saturated rings. The van der Waals surface area contributed by atoms with E-state index in [9.17, 15) is 4.79 Å². The number of nitrogens with zero attached hydrogens (tertiary/aromatic N) is 1. The first-order valence-corrected chi connectivity index (χ1v) is 6.98. The quantitative estimate of drug-likeness (QED) is 0.743. The highest BCUT2D eigenvalue weighted by atomic mass is 16.2. The molecule has 1 aromatic carbocycles. The minimum Gasteiger partial charge on any atom is -0.309 e. The van der Waals surface area contributed by atoms with Gasteiger partial charge in [0.2, 0.25) is 0 Å². The Morgan fingerprint density at radius 2 is 2.05 bits per heavy atom. The maximum Gasteiger partial charge on any atom is 0.250 e. The molecule has 0 spiro atoms. The Labute approximate surface area is 115 Å². The number of rotatable bonds is 4. The van der Waals surface area contributed by atoms with Crippen molar-refractivity contribution in [3.63, 3.8) is 0 Å². The number of hydrogen-bond acceptors (Lipinski definition) is 1. The zero-order valence-electron chi connectivity index (χ0n) is 11.5. The Morgan fingerprint density at radius 1 is 1.26 bits per heavy atom. The highest BCUT2D eigenvalue weighted by Gasteiger charge is 2.17. The molecular weight excluding hydrogens is 234 g/mol. The van der Waals surface area contributed by atoms with Gasteiger partial charge in [-0.2, -0.15) is 0 Å². The molecule has 0 radical (unpaired) electrons. The summed E-state index contributed by atoms with van der Waals surface area (Å²) in [5.74, 6) is 0.0829. The molecule has 2 nitrogen and oxygen atoms in total. The molecule has 1 aliphatic rings. The molecule has 0 atom stereocenters. The van der Waals surface area contributed by atoms with Gasteiger partial charge in [0.15, 0.2) is 0 Å². The molecule has 0 bridgehead atoms. The Morgan fingerprint density at radius 3 is 2.68 bits per heavy atom. The second-order valence-corrected chi connectivity index (χ2v) is 4.85. The molecule has 2 heteroatoms. The predicted molar refractivity (Wildman–Crippen MR) is 78.4 cm³/mol. The van der Waals surface area contributed by atoms with Crippen molar-refractivity contribution in [2.45, 2.75) is 39.2 Å². The van der Waals surface area contributed by atoms with E-state index in [4.69, 9.17) is 0 Å². The van der Waals surface area contributed by atoms with E-state index in [1.807, 2.05) is 36.1 Å². The molecule has 19 heavy (non-hydrogen) atoms. The highest BCUT2D eigenvalue weighted by Crippen LogP contribution is 2.23. The number of benzene rings is 1. The standard InChI is InChI=1S/C17H21NO/c1-2-9-17(19)18(16-12-7-4-8-13-16)14-15-10-5-3-6-11-15/h2-3,5-6,9-12H,4,7-8,13-14H2,1H3/b9-2+. The minimum absolute atomic E-state index is 0.0829. The van der Waals surface area contributed by atoms with Crippen LogP contribution in [0, 0.1) is 0 Å². The van der Waals surface area contributed by atoms with Crippen molar-refractivity contribution < 1.29 is 4.79 Å². The van der Waals surface area contributed by atoms with Crippen LogP contribution >= 0.6 is 0 Å². The molecule has 0 N–H and O–H groups in total. The van der Waals surface area contributed by atoms with Gasteiger partial charge in [0.05, 0.1) is 6.54 Å². The first-order chi connectivity index (χ1) is 9.31. The van der Waals surface area contributed by atoms with Crippen LogP contribution in [-0.4, -0.2) is 10.8 Å². The number of allylic oxidation sites excluding steroid dienone is 3. The van der Waals surface area contributed by atoms with Crippen molar-refractivity contribution in [3.05, 3.63) is 59.8 Å². The van der Waals surface area contributed by atoms with Crippen molar-refractivity contribution in [2.24, 2.45) is 0 Å². The van der Waals surface area contributed by atoms with Crippen LogP contribution in [-0.2, 0) is 11.3 Å². The van der Waals surface area contributed by atoms with E-state index in [2.05, 4.69) is 18.2 Å². The van der Waals surface area contributed by atoms with Gasteiger partial charge >= 0.3 is 0 Å². The van der Waals surface area contributed by atoms with Crippen molar-refractivity contribution in [3.8, 4) is 0 Å². The van der Waals surface area contributed by atoms with E-state index in [-0.39, 0.29) is 5.91 Å². The molecule has 2 rings (SSSR count). The lowest BCUT2D eigenvalue weighted by Crippen LogP contribution is -2.29. The molecule has 0 heterocycles. The minimum atomic E-state index is 0.0829. The van der Waals surface area contributed by atoms with E-state index in [1.54, 1.807) is 6.08 Å². The van der Waals surface area contributed by atoms with Gasteiger partial charge in [0, 0.05) is 5.70 Å². The van der Waals surface area contributed by atoms with Gasteiger partial charge in [-0.1, -0.05) is 42.5 Å². The van der Waals surface area contributed by atoms with Gasteiger partial charge < -0.3 is 4.90 Å². The second-order valence-electron chi connectivity index (χ2n) is 4.85. The average molecular weight is 255 g/mol. The van der Waals surface area contributed by atoms with Crippen molar-refractivity contribution >= 4 is 5.91 Å². The fourth-order valence-corrected chi connectivity index (χ4v) is 2.39. The molecular formula is C17H21NO. The van der Waals surface area contributed by atoms with Crippen LogP contribution < -0.4 is 0 Å². The average Bonchev–Trinajstić information content (AvgIpc) is 2.47. The summed E-state index contributed by atoms with van der Waals surface area (Å²) in [6.07, 6.45) is 10.2. The highest BCUT2D eigenvalue weighted by molar-refractivity contribution is 5.88. The Bertz CT molecular complexity index is 473. The van der Waals surface area contributed by atoms with Crippen molar-refractivity contribution in [2.75, 3.05) is 0 Å². The first kappa shape index (κ1) is 13.6. The maximum absolute atomic E-state index is 12.2. The number of amides is 1. The number of carbonyl (C=O) groups excluding carboxylic acids is 1. The molecule has 1 aliphatic carbocycles. The van der Waals surface area contributed by atoms with Crippen LogP contribution in [0.15, 0.2) is 54.3 Å². The van der Waals surface area contributed by atoms with Gasteiger partial charge in [-0.15, -0.1) is 0 Å². The molecule has 0 saturated heterocycles.